The van der Waals surface area contributed by atoms with Crippen LogP contribution in [-0.2, 0) is 7.05 Å². The van der Waals surface area contributed by atoms with Crippen molar-refractivity contribution in [2.75, 3.05) is 0 Å². The minimum atomic E-state index is -0.0938. The van der Waals surface area contributed by atoms with Crippen LogP contribution in [0.4, 0.5) is 0 Å². The third-order valence-electron chi connectivity index (χ3n) is 4.34. The average Bonchev–Trinajstić information content (AvgIpc) is 2.66. The number of aromatic nitrogens is 1. The van der Waals surface area contributed by atoms with Gasteiger partial charge in [0.05, 0.1) is 5.71 Å². The summed E-state index contributed by atoms with van der Waals surface area (Å²) in [6.07, 6.45) is 2.23. The van der Waals surface area contributed by atoms with Crippen molar-refractivity contribution in [2.45, 2.75) is 12.3 Å². The van der Waals surface area contributed by atoms with Crippen LogP contribution in [0.25, 0.3) is 0 Å². The van der Waals surface area contributed by atoms with Crippen molar-refractivity contribution in [2.24, 2.45) is 12.2 Å². The van der Waals surface area contributed by atoms with Crippen LogP contribution >= 0.6 is 0 Å². The van der Waals surface area contributed by atoms with E-state index in [1.54, 1.807) is 19.3 Å². The van der Waals surface area contributed by atoms with E-state index in [1.165, 1.54) is 10.6 Å². The number of aryl methyl sites for hydroxylation is 1. The molecule has 0 unspecified atom stereocenters. The Hall–Kier alpha value is -3.14. The highest BCUT2D eigenvalue weighted by Gasteiger charge is 2.18. The number of hydrogen-bond donors (Lipinski definition) is 1. The van der Waals surface area contributed by atoms with Gasteiger partial charge in [-0.25, -0.2) is 0 Å². The first kappa shape index (κ1) is 16.7. The second-order valence-corrected chi connectivity index (χ2v) is 5.99. The van der Waals surface area contributed by atoms with Crippen LogP contribution in [0.5, 0.6) is 0 Å². The number of oxime groups is 1. The van der Waals surface area contributed by atoms with E-state index in [2.05, 4.69) is 29.4 Å². The minimum Gasteiger partial charge on any atom is -0.411 e. The summed E-state index contributed by atoms with van der Waals surface area (Å²) in [6.45, 7) is 0. The van der Waals surface area contributed by atoms with Gasteiger partial charge >= 0.3 is 0 Å². The smallest absolute Gasteiger partial charge is 0.250 e. The van der Waals surface area contributed by atoms with Gasteiger partial charge in [-0.1, -0.05) is 65.8 Å². The highest BCUT2D eigenvalue weighted by atomic mass is 16.4. The topological polar surface area (TPSA) is 54.6 Å². The molecule has 0 aliphatic rings. The molecule has 1 heterocycles. The van der Waals surface area contributed by atoms with E-state index in [-0.39, 0.29) is 11.5 Å². The molecule has 1 N–H and O–H groups in total. The zero-order valence-corrected chi connectivity index (χ0v) is 14.0. The molecule has 0 fully saturated rings. The van der Waals surface area contributed by atoms with E-state index in [4.69, 9.17) is 0 Å². The number of pyridine rings is 1. The van der Waals surface area contributed by atoms with Gasteiger partial charge < -0.3 is 9.77 Å². The van der Waals surface area contributed by atoms with Crippen molar-refractivity contribution >= 4 is 5.71 Å². The van der Waals surface area contributed by atoms with E-state index in [0.717, 1.165) is 16.7 Å². The summed E-state index contributed by atoms with van der Waals surface area (Å²) in [7, 11) is 1.69. The minimum absolute atomic E-state index is 0.0607. The van der Waals surface area contributed by atoms with Crippen LogP contribution in [0, 0.1) is 0 Å². The molecule has 2 aromatic carbocycles. The molecule has 3 rings (SSSR count). The summed E-state index contributed by atoms with van der Waals surface area (Å²) in [5.74, 6) is 0.0607. The molecular formula is C21H20N2O2. The Morgan fingerprint density at radius 3 is 2.00 bits per heavy atom. The molecule has 4 heteroatoms. The molecule has 1 aromatic heterocycles. The summed E-state index contributed by atoms with van der Waals surface area (Å²) >= 11 is 0. The molecule has 0 saturated carbocycles. The first-order chi connectivity index (χ1) is 12.2. The van der Waals surface area contributed by atoms with Crippen molar-refractivity contribution in [3.63, 3.8) is 0 Å². The molecule has 25 heavy (non-hydrogen) atoms. The van der Waals surface area contributed by atoms with E-state index in [9.17, 15) is 10.0 Å². The van der Waals surface area contributed by atoms with Crippen LogP contribution in [-0.4, -0.2) is 15.5 Å². The highest BCUT2D eigenvalue weighted by molar-refractivity contribution is 6.00. The van der Waals surface area contributed by atoms with E-state index in [0.29, 0.717) is 12.1 Å². The second kappa shape index (κ2) is 7.62. The fraction of sp³-hybridized carbons (Fsp3) is 0.143. The third kappa shape index (κ3) is 3.86. The van der Waals surface area contributed by atoms with E-state index in [1.807, 2.05) is 36.4 Å². The lowest BCUT2D eigenvalue weighted by molar-refractivity contribution is 0.317. The Labute approximate surface area is 146 Å². The van der Waals surface area contributed by atoms with Gasteiger partial charge in [0.2, 0.25) is 5.56 Å². The molecule has 4 nitrogen and oxygen atoms in total. The number of hydrogen-bond acceptors (Lipinski definition) is 3. The SMILES string of the molecule is Cn1cc(/C(CC(c2ccccc2)c2ccccc2)=N\O)ccc1=O. The predicted octanol–water partition coefficient (Wildman–Crippen LogP) is 3.79. The molecule has 0 aliphatic heterocycles. The van der Waals surface area contributed by atoms with Gasteiger partial charge in [0.15, 0.2) is 0 Å². The Morgan fingerprint density at radius 2 is 1.52 bits per heavy atom. The van der Waals surface area contributed by atoms with Gasteiger partial charge in [-0.15, -0.1) is 0 Å². The van der Waals surface area contributed by atoms with Crippen LogP contribution < -0.4 is 5.56 Å². The lowest BCUT2D eigenvalue weighted by Gasteiger charge is -2.19. The standard InChI is InChI=1S/C21H20N2O2/c1-23-15-18(12-13-21(23)24)20(22-25)14-19(16-8-4-2-5-9-16)17-10-6-3-7-11-17/h2-13,15,19,25H,14H2,1H3/b22-20-. The molecule has 0 radical (unpaired) electrons. The maximum absolute atomic E-state index is 11.6. The van der Waals surface area contributed by atoms with Gasteiger partial charge in [0.25, 0.3) is 0 Å². The molecule has 0 atom stereocenters. The largest absolute Gasteiger partial charge is 0.411 e. The Morgan fingerprint density at radius 1 is 0.960 bits per heavy atom. The fourth-order valence-corrected chi connectivity index (χ4v) is 2.97. The van der Waals surface area contributed by atoms with Crippen LogP contribution in [0.3, 0.4) is 0 Å². The van der Waals surface area contributed by atoms with Gasteiger partial charge in [0, 0.05) is 37.2 Å². The van der Waals surface area contributed by atoms with Crippen LogP contribution in [0.2, 0.25) is 0 Å². The summed E-state index contributed by atoms with van der Waals surface area (Å²) in [5, 5.41) is 13.1. The fourth-order valence-electron chi connectivity index (χ4n) is 2.97. The maximum Gasteiger partial charge on any atom is 0.250 e. The number of nitrogens with zero attached hydrogens (tertiary/aromatic N) is 2. The molecule has 0 bridgehead atoms. The summed E-state index contributed by atoms with van der Waals surface area (Å²) < 4.78 is 1.49. The number of rotatable bonds is 5. The second-order valence-electron chi connectivity index (χ2n) is 5.99. The zero-order valence-electron chi connectivity index (χ0n) is 14.0. The first-order valence-electron chi connectivity index (χ1n) is 8.17. The lowest BCUT2D eigenvalue weighted by atomic mass is 9.86. The number of benzene rings is 2. The Bertz CT molecular complexity index is 876. The Kier molecular flexibility index (Phi) is 5.09. The van der Waals surface area contributed by atoms with E-state index < -0.39 is 0 Å². The normalized spacial score (nSPS) is 11.7. The van der Waals surface area contributed by atoms with E-state index >= 15 is 0 Å². The quantitative estimate of drug-likeness (QED) is 0.439. The van der Waals surface area contributed by atoms with Crippen molar-refractivity contribution < 1.29 is 5.21 Å². The van der Waals surface area contributed by atoms with Gasteiger partial charge in [-0.3, -0.25) is 4.79 Å². The monoisotopic (exact) mass is 332 g/mol. The van der Waals surface area contributed by atoms with Gasteiger partial charge in [-0.2, -0.15) is 0 Å². The van der Waals surface area contributed by atoms with Crippen LogP contribution in [0.15, 0.2) is 88.9 Å². The average molecular weight is 332 g/mol. The molecule has 0 aliphatic carbocycles. The first-order valence-corrected chi connectivity index (χ1v) is 8.17. The molecule has 3 aromatic rings. The summed E-state index contributed by atoms with van der Waals surface area (Å²) in [6, 6.07) is 23.5. The van der Waals surface area contributed by atoms with Crippen molar-refractivity contribution in [3.05, 3.63) is 106 Å². The molecule has 0 spiro atoms. The van der Waals surface area contributed by atoms with Crippen molar-refractivity contribution in [1.29, 1.82) is 0 Å². The molecule has 126 valence electrons. The van der Waals surface area contributed by atoms with Gasteiger partial charge in [-0.05, 0) is 17.2 Å². The molecular weight excluding hydrogens is 312 g/mol. The highest BCUT2D eigenvalue weighted by Crippen LogP contribution is 2.29. The van der Waals surface area contributed by atoms with Crippen molar-refractivity contribution in [3.8, 4) is 0 Å². The third-order valence-corrected chi connectivity index (χ3v) is 4.34. The summed E-state index contributed by atoms with van der Waals surface area (Å²) in [4.78, 5) is 11.6. The van der Waals surface area contributed by atoms with Crippen molar-refractivity contribution in [1.82, 2.24) is 4.57 Å². The summed E-state index contributed by atoms with van der Waals surface area (Å²) in [5.41, 5.74) is 3.50. The molecule has 0 saturated heterocycles. The Balaban J connectivity index is 1.99. The maximum atomic E-state index is 11.6. The lowest BCUT2D eigenvalue weighted by Crippen LogP contribution is -2.18. The zero-order chi connectivity index (χ0) is 17.6. The van der Waals surface area contributed by atoms with Gasteiger partial charge in [0.1, 0.15) is 0 Å². The predicted molar refractivity (Wildman–Crippen MR) is 99.4 cm³/mol. The molecule has 0 amide bonds. The van der Waals surface area contributed by atoms with Crippen LogP contribution in [0.1, 0.15) is 29.0 Å².